The second-order valence-corrected chi connectivity index (χ2v) is 6.68. The van der Waals surface area contributed by atoms with Crippen LogP contribution in [0.1, 0.15) is 38.3 Å². The molecule has 0 aliphatic carbocycles. The lowest BCUT2D eigenvalue weighted by Crippen LogP contribution is -2.36. The van der Waals surface area contributed by atoms with E-state index in [0.29, 0.717) is 0 Å². The lowest BCUT2D eigenvalue weighted by atomic mass is 10.1. The van der Waals surface area contributed by atoms with Gasteiger partial charge >= 0.3 is 0 Å². The third-order valence-corrected chi connectivity index (χ3v) is 3.59. The third kappa shape index (κ3) is 7.45. The van der Waals surface area contributed by atoms with Crippen LogP contribution in [0.15, 0.2) is 24.3 Å². The topological polar surface area (TPSA) is 12.0 Å². The minimum Gasteiger partial charge on any atom is -0.312 e. The summed E-state index contributed by atoms with van der Waals surface area (Å²) in [6, 6.07) is 8.79. The maximum absolute atomic E-state index is 3.52. The Hall–Kier alpha value is -0.470. The van der Waals surface area contributed by atoms with Gasteiger partial charge in [0.2, 0.25) is 0 Å². The second-order valence-electron chi connectivity index (χ2n) is 5.57. The molecule has 1 nitrogen and oxygen atoms in total. The predicted molar refractivity (Wildman–Crippen MR) is 79.7 cm³/mol. The molecule has 17 heavy (non-hydrogen) atoms. The van der Waals surface area contributed by atoms with Crippen LogP contribution in [0.25, 0.3) is 0 Å². The molecule has 0 aliphatic heterocycles. The first-order chi connectivity index (χ1) is 7.97. The summed E-state index contributed by atoms with van der Waals surface area (Å²) in [4.78, 5) is 0. The van der Waals surface area contributed by atoms with Crippen molar-refractivity contribution in [1.29, 1.82) is 0 Å². The van der Waals surface area contributed by atoms with Crippen molar-refractivity contribution >= 4 is 11.8 Å². The molecule has 0 spiro atoms. The zero-order chi connectivity index (χ0) is 12.7. The van der Waals surface area contributed by atoms with Gasteiger partial charge in [0.05, 0.1) is 0 Å². The Balaban J connectivity index is 2.09. The van der Waals surface area contributed by atoms with Crippen LogP contribution in [0.2, 0.25) is 0 Å². The zero-order valence-electron chi connectivity index (χ0n) is 11.5. The van der Waals surface area contributed by atoms with Crippen LogP contribution in [0, 0.1) is 6.92 Å². The summed E-state index contributed by atoms with van der Waals surface area (Å²) >= 11 is 2.03. The van der Waals surface area contributed by atoms with Gasteiger partial charge in [-0.05, 0) is 52.0 Å². The molecule has 1 aromatic rings. The van der Waals surface area contributed by atoms with E-state index in [-0.39, 0.29) is 5.54 Å². The molecule has 1 rings (SSSR count). The first-order valence-corrected chi connectivity index (χ1v) is 7.51. The Morgan fingerprint density at radius 3 is 2.65 bits per heavy atom. The van der Waals surface area contributed by atoms with Crippen LogP contribution in [0.4, 0.5) is 0 Å². The van der Waals surface area contributed by atoms with Gasteiger partial charge in [-0.1, -0.05) is 29.8 Å². The van der Waals surface area contributed by atoms with Gasteiger partial charge in [0.1, 0.15) is 0 Å². The Labute approximate surface area is 110 Å². The third-order valence-electron chi connectivity index (χ3n) is 2.47. The van der Waals surface area contributed by atoms with Crippen molar-refractivity contribution in [2.24, 2.45) is 0 Å². The predicted octanol–water partition coefficient (Wildman–Crippen LogP) is 4.01. The molecule has 1 N–H and O–H groups in total. The van der Waals surface area contributed by atoms with E-state index in [0.717, 1.165) is 12.3 Å². The van der Waals surface area contributed by atoms with Crippen molar-refractivity contribution < 1.29 is 0 Å². The van der Waals surface area contributed by atoms with Gasteiger partial charge in [0, 0.05) is 11.3 Å². The summed E-state index contributed by atoms with van der Waals surface area (Å²) in [5, 5.41) is 3.52. The number of aryl methyl sites for hydroxylation is 1. The number of benzene rings is 1. The van der Waals surface area contributed by atoms with Crippen molar-refractivity contribution in [2.45, 2.75) is 45.4 Å². The molecule has 0 saturated carbocycles. The van der Waals surface area contributed by atoms with Crippen LogP contribution >= 0.6 is 11.8 Å². The molecule has 0 saturated heterocycles. The van der Waals surface area contributed by atoms with E-state index in [2.05, 4.69) is 57.3 Å². The van der Waals surface area contributed by atoms with Gasteiger partial charge in [-0.15, -0.1) is 0 Å². The zero-order valence-corrected chi connectivity index (χ0v) is 12.4. The molecule has 0 amide bonds. The Bertz CT molecular complexity index is 328. The summed E-state index contributed by atoms with van der Waals surface area (Å²) < 4.78 is 0. The summed E-state index contributed by atoms with van der Waals surface area (Å²) in [5.41, 5.74) is 3.05. The standard InChI is InChI=1S/C15H25NS/c1-13-7-5-8-14(11-13)12-17-10-6-9-16-15(2,3)4/h5,7-8,11,16H,6,9-10,12H2,1-4H3. The highest BCUT2D eigenvalue weighted by molar-refractivity contribution is 7.98. The van der Waals surface area contributed by atoms with E-state index >= 15 is 0 Å². The Morgan fingerprint density at radius 1 is 1.24 bits per heavy atom. The highest BCUT2D eigenvalue weighted by Gasteiger charge is 2.06. The van der Waals surface area contributed by atoms with Crippen molar-refractivity contribution in [2.75, 3.05) is 12.3 Å². The molecule has 0 unspecified atom stereocenters. The molecule has 96 valence electrons. The van der Waals surface area contributed by atoms with Crippen LogP contribution < -0.4 is 5.32 Å². The van der Waals surface area contributed by atoms with Gasteiger partial charge in [-0.3, -0.25) is 0 Å². The average molecular weight is 251 g/mol. The average Bonchev–Trinajstić information content (AvgIpc) is 2.22. The van der Waals surface area contributed by atoms with Gasteiger partial charge in [0.25, 0.3) is 0 Å². The quantitative estimate of drug-likeness (QED) is 0.767. The summed E-state index contributed by atoms with van der Waals surface area (Å²) in [7, 11) is 0. The Morgan fingerprint density at radius 2 is 2.00 bits per heavy atom. The lowest BCUT2D eigenvalue weighted by molar-refractivity contribution is 0.427. The minimum absolute atomic E-state index is 0.251. The number of thioether (sulfide) groups is 1. The highest BCUT2D eigenvalue weighted by Crippen LogP contribution is 2.14. The summed E-state index contributed by atoms with van der Waals surface area (Å²) in [6.07, 6.45) is 1.24. The van der Waals surface area contributed by atoms with Crippen LogP contribution in [-0.4, -0.2) is 17.8 Å². The van der Waals surface area contributed by atoms with E-state index in [1.807, 2.05) is 11.8 Å². The summed E-state index contributed by atoms with van der Waals surface area (Å²) in [5.74, 6) is 2.37. The number of hydrogen-bond acceptors (Lipinski definition) is 2. The van der Waals surface area contributed by atoms with Crippen molar-refractivity contribution in [3.8, 4) is 0 Å². The fourth-order valence-corrected chi connectivity index (χ4v) is 2.54. The molecule has 0 atom stereocenters. The SMILES string of the molecule is Cc1cccc(CSCCCNC(C)(C)C)c1. The molecule has 0 heterocycles. The largest absolute Gasteiger partial charge is 0.312 e. The molecule has 0 aliphatic rings. The van der Waals surface area contributed by atoms with Gasteiger partial charge in [0.15, 0.2) is 0 Å². The van der Waals surface area contributed by atoms with Gasteiger partial charge < -0.3 is 5.32 Å². The van der Waals surface area contributed by atoms with Crippen molar-refractivity contribution in [3.05, 3.63) is 35.4 Å². The van der Waals surface area contributed by atoms with E-state index in [4.69, 9.17) is 0 Å². The molecule has 0 aromatic heterocycles. The van der Waals surface area contributed by atoms with Crippen LogP contribution in [-0.2, 0) is 5.75 Å². The van der Waals surface area contributed by atoms with Crippen LogP contribution in [0.5, 0.6) is 0 Å². The van der Waals surface area contributed by atoms with Crippen molar-refractivity contribution in [3.63, 3.8) is 0 Å². The monoisotopic (exact) mass is 251 g/mol. The molecule has 0 bridgehead atoms. The molecule has 2 heteroatoms. The second kappa shape index (κ2) is 7.07. The highest BCUT2D eigenvalue weighted by atomic mass is 32.2. The van der Waals surface area contributed by atoms with Crippen molar-refractivity contribution in [1.82, 2.24) is 5.32 Å². The normalized spacial score (nSPS) is 11.8. The Kier molecular flexibility index (Phi) is 6.07. The molecular formula is C15H25NS. The smallest absolute Gasteiger partial charge is 0.0184 e. The molecule has 0 fully saturated rings. The van der Waals surface area contributed by atoms with Gasteiger partial charge in [-0.25, -0.2) is 0 Å². The maximum Gasteiger partial charge on any atom is 0.0184 e. The van der Waals surface area contributed by atoms with E-state index < -0.39 is 0 Å². The van der Waals surface area contributed by atoms with E-state index in [1.165, 1.54) is 23.3 Å². The van der Waals surface area contributed by atoms with Crippen LogP contribution in [0.3, 0.4) is 0 Å². The molecule has 1 aromatic carbocycles. The fourth-order valence-electron chi connectivity index (χ4n) is 1.63. The maximum atomic E-state index is 3.52. The molecule has 0 radical (unpaired) electrons. The summed E-state index contributed by atoms with van der Waals surface area (Å²) in [6.45, 7) is 9.92. The lowest BCUT2D eigenvalue weighted by Gasteiger charge is -2.20. The molecular weight excluding hydrogens is 226 g/mol. The fraction of sp³-hybridized carbons (Fsp3) is 0.600. The van der Waals surface area contributed by atoms with E-state index in [1.54, 1.807) is 0 Å². The number of nitrogens with one attached hydrogen (secondary N) is 1. The minimum atomic E-state index is 0.251. The van der Waals surface area contributed by atoms with Gasteiger partial charge in [-0.2, -0.15) is 11.8 Å². The van der Waals surface area contributed by atoms with E-state index in [9.17, 15) is 0 Å². The first kappa shape index (κ1) is 14.6. The first-order valence-electron chi connectivity index (χ1n) is 6.36. The number of rotatable bonds is 6. The number of hydrogen-bond donors (Lipinski definition) is 1.